The number of sulfonamides is 1. The highest BCUT2D eigenvalue weighted by molar-refractivity contribution is 8.13. The Kier molecular flexibility index (Phi) is 5.29. The van der Waals surface area contributed by atoms with Gasteiger partial charge in [0.25, 0.3) is 9.05 Å². The zero-order valence-electron chi connectivity index (χ0n) is 11.5. The molecule has 0 heterocycles. The molecule has 0 aromatic heterocycles. The number of hydrogen-bond acceptors (Lipinski definition) is 4. The molecular weight excluding hydrogens is 334 g/mol. The second kappa shape index (κ2) is 6.64. The highest BCUT2D eigenvalue weighted by Gasteiger charge is 2.21. The second-order valence-electron chi connectivity index (χ2n) is 5.22. The third kappa shape index (κ3) is 4.67. The Morgan fingerprint density at radius 3 is 1.81 bits per heavy atom. The van der Waals surface area contributed by atoms with Crippen LogP contribution in [0.5, 0.6) is 0 Å². The van der Waals surface area contributed by atoms with Gasteiger partial charge in [0.1, 0.15) is 0 Å². The molecule has 2 rings (SSSR count). The standard InChI is InChI=1S/C13H18ClNO4S2/c14-20(16,17)12-7-9-13(10-8-12)21(18,19)15-11-5-3-1-2-4-6-11/h7-11,15H,1-6H2. The Labute approximate surface area is 130 Å². The fraction of sp³-hybridized carbons (Fsp3) is 0.538. The Morgan fingerprint density at radius 2 is 1.33 bits per heavy atom. The van der Waals surface area contributed by atoms with Gasteiger partial charge in [-0.3, -0.25) is 0 Å². The van der Waals surface area contributed by atoms with E-state index >= 15 is 0 Å². The van der Waals surface area contributed by atoms with Crippen molar-refractivity contribution < 1.29 is 16.8 Å². The van der Waals surface area contributed by atoms with Gasteiger partial charge in [-0.15, -0.1) is 0 Å². The first-order valence-electron chi connectivity index (χ1n) is 6.86. The molecule has 1 fully saturated rings. The maximum atomic E-state index is 12.3. The average molecular weight is 352 g/mol. The van der Waals surface area contributed by atoms with Crippen LogP contribution < -0.4 is 4.72 Å². The molecule has 1 aromatic rings. The van der Waals surface area contributed by atoms with Crippen molar-refractivity contribution in [1.29, 1.82) is 0 Å². The van der Waals surface area contributed by atoms with Gasteiger partial charge in [-0.2, -0.15) is 0 Å². The van der Waals surface area contributed by atoms with Crippen molar-refractivity contribution in [2.24, 2.45) is 0 Å². The average Bonchev–Trinajstić information content (AvgIpc) is 2.66. The van der Waals surface area contributed by atoms with Gasteiger partial charge in [-0.05, 0) is 37.1 Å². The lowest BCUT2D eigenvalue weighted by Gasteiger charge is -2.16. The molecule has 5 nitrogen and oxygen atoms in total. The lowest BCUT2D eigenvalue weighted by Crippen LogP contribution is -2.34. The first-order chi connectivity index (χ1) is 9.79. The summed E-state index contributed by atoms with van der Waals surface area (Å²) in [5.41, 5.74) is 0. The van der Waals surface area contributed by atoms with E-state index in [1.54, 1.807) is 0 Å². The summed E-state index contributed by atoms with van der Waals surface area (Å²) in [5, 5.41) is 0. The highest BCUT2D eigenvalue weighted by atomic mass is 35.7. The summed E-state index contributed by atoms with van der Waals surface area (Å²) >= 11 is 0. The molecule has 0 saturated heterocycles. The van der Waals surface area contributed by atoms with Gasteiger partial charge in [0.05, 0.1) is 9.79 Å². The SMILES string of the molecule is O=S(=O)(Cl)c1ccc(S(=O)(=O)NC2CCCCCC2)cc1. The molecule has 21 heavy (non-hydrogen) atoms. The molecule has 1 aliphatic carbocycles. The maximum absolute atomic E-state index is 12.3. The lowest BCUT2D eigenvalue weighted by atomic mass is 10.1. The fourth-order valence-electron chi connectivity index (χ4n) is 2.47. The van der Waals surface area contributed by atoms with Gasteiger partial charge >= 0.3 is 0 Å². The number of rotatable bonds is 4. The van der Waals surface area contributed by atoms with Gasteiger partial charge < -0.3 is 0 Å². The van der Waals surface area contributed by atoms with Crippen LogP contribution in [0.4, 0.5) is 0 Å². The van der Waals surface area contributed by atoms with Crippen molar-refractivity contribution in [2.45, 2.75) is 54.4 Å². The van der Waals surface area contributed by atoms with E-state index < -0.39 is 19.1 Å². The van der Waals surface area contributed by atoms with E-state index in [2.05, 4.69) is 4.72 Å². The normalized spacial score (nSPS) is 18.3. The number of halogens is 1. The number of nitrogens with one attached hydrogen (secondary N) is 1. The topological polar surface area (TPSA) is 80.3 Å². The highest BCUT2D eigenvalue weighted by Crippen LogP contribution is 2.21. The van der Waals surface area contributed by atoms with Gasteiger partial charge in [-0.1, -0.05) is 25.7 Å². The minimum atomic E-state index is -3.84. The fourth-order valence-corrected chi connectivity index (χ4v) is 4.54. The van der Waals surface area contributed by atoms with Crippen molar-refractivity contribution in [3.8, 4) is 0 Å². The smallest absolute Gasteiger partial charge is 0.208 e. The quantitative estimate of drug-likeness (QED) is 0.668. The molecule has 1 N–H and O–H groups in total. The van der Waals surface area contributed by atoms with Crippen LogP contribution in [-0.4, -0.2) is 22.9 Å². The molecule has 0 amide bonds. The van der Waals surface area contributed by atoms with E-state index in [-0.39, 0.29) is 15.8 Å². The largest absolute Gasteiger partial charge is 0.261 e. The predicted molar refractivity (Wildman–Crippen MR) is 81.3 cm³/mol. The third-order valence-electron chi connectivity index (χ3n) is 3.59. The van der Waals surface area contributed by atoms with Crippen LogP contribution in [0.25, 0.3) is 0 Å². The van der Waals surface area contributed by atoms with Gasteiger partial charge in [0.2, 0.25) is 10.0 Å². The zero-order valence-corrected chi connectivity index (χ0v) is 13.8. The molecule has 8 heteroatoms. The van der Waals surface area contributed by atoms with Gasteiger partial charge in [0.15, 0.2) is 0 Å². The van der Waals surface area contributed by atoms with E-state index in [9.17, 15) is 16.8 Å². The van der Waals surface area contributed by atoms with Crippen molar-refractivity contribution >= 4 is 29.8 Å². The summed E-state index contributed by atoms with van der Waals surface area (Å²) in [4.78, 5) is -0.0617. The first-order valence-corrected chi connectivity index (χ1v) is 10.7. The van der Waals surface area contributed by atoms with E-state index in [0.29, 0.717) is 0 Å². The van der Waals surface area contributed by atoms with Crippen LogP contribution in [0.3, 0.4) is 0 Å². The van der Waals surface area contributed by atoms with Crippen molar-refractivity contribution in [3.63, 3.8) is 0 Å². The minimum Gasteiger partial charge on any atom is -0.208 e. The lowest BCUT2D eigenvalue weighted by molar-refractivity contribution is 0.510. The molecule has 1 saturated carbocycles. The van der Waals surface area contributed by atoms with E-state index in [0.717, 1.165) is 38.5 Å². The number of benzene rings is 1. The van der Waals surface area contributed by atoms with Crippen molar-refractivity contribution in [2.75, 3.05) is 0 Å². The monoisotopic (exact) mass is 351 g/mol. The van der Waals surface area contributed by atoms with Crippen LogP contribution in [0, 0.1) is 0 Å². The van der Waals surface area contributed by atoms with Crippen LogP contribution in [-0.2, 0) is 19.1 Å². The van der Waals surface area contributed by atoms with Crippen molar-refractivity contribution in [3.05, 3.63) is 24.3 Å². The molecule has 0 unspecified atom stereocenters. The van der Waals surface area contributed by atoms with Crippen LogP contribution >= 0.6 is 10.7 Å². The second-order valence-corrected chi connectivity index (χ2v) is 9.50. The maximum Gasteiger partial charge on any atom is 0.261 e. The molecule has 0 spiro atoms. The number of hydrogen-bond donors (Lipinski definition) is 1. The molecule has 118 valence electrons. The van der Waals surface area contributed by atoms with E-state index in [1.807, 2.05) is 0 Å². The Balaban J connectivity index is 2.15. The van der Waals surface area contributed by atoms with Crippen LogP contribution in [0.1, 0.15) is 38.5 Å². The zero-order chi connectivity index (χ0) is 15.5. The molecular formula is C13H18ClNO4S2. The van der Waals surface area contributed by atoms with E-state index in [4.69, 9.17) is 10.7 Å². The molecule has 0 bridgehead atoms. The van der Waals surface area contributed by atoms with Gasteiger partial charge in [-0.25, -0.2) is 21.6 Å². The molecule has 0 atom stereocenters. The predicted octanol–water partition coefficient (Wildman–Crippen LogP) is 2.62. The summed E-state index contributed by atoms with van der Waals surface area (Å²) in [6, 6.07) is 4.87. The Bertz CT molecular complexity index is 675. The first kappa shape index (κ1) is 16.7. The minimum absolute atomic E-state index is 0.0473. The summed E-state index contributed by atoms with van der Waals surface area (Å²) in [5.74, 6) is 0. The van der Waals surface area contributed by atoms with Gasteiger partial charge in [0, 0.05) is 16.7 Å². The van der Waals surface area contributed by atoms with Crippen LogP contribution in [0.2, 0.25) is 0 Å². The molecule has 0 aliphatic heterocycles. The molecule has 0 radical (unpaired) electrons. The molecule has 1 aromatic carbocycles. The summed E-state index contributed by atoms with van der Waals surface area (Å²) in [7, 11) is -2.26. The van der Waals surface area contributed by atoms with Crippen molar-refractivity contribution in [1.82, 2.24) is 4.72 Å². The summed E-state index contributed by atoms with van der Waals surface area (Å²) < 4.78 is 49.6. The van der Waals surface area contributed by atoms with E-state index in [1.165, 1.54) is 24.3 Å². The molecule has 1 aliphatic rings. The third-order valence-corrected chi connectivity index (χ3v) is 6.50. The summed E-state index contributed by atoms with van der Waals surface area (Å²) in [6.07, 6.45) is 6.01. The summed E-state index contributed by atoms with van der Waals surface area (Å²) in [6.45, 7) is 0. The van der Waals surface area contributed by atoms with Crippen LogP contribution in [0.15, 0.2) is 34.1 Å². The Morgan fingerprint density at radius 1 is 0.857 bits per heavy atom. The Hall–Kier alpha value is -0.630.